The molecule has 140 valence electrons. The fourth-order valence-electron chi connectivity index (χ4n) is 2.53. The van der Waals surface area contributed by atoms with Crippen molar-refractivity contribution in [1.82, 2.24) is 5.32 Å². The maximum Gasteiger partial charge on any atom is 0.320 e. The number of rotatable bonds is 9. The molecule has 2 N–H and O–H groups in total. The van der Waals surface area contributed by atoms with E-state index >= 15 is 0 Å². The molecule has 0 saturated carbocycles. The van der Waals surface area contributed by atoms with Crippen LogP contribution in [0.2, 0.25) is 10.0 Å². The summed E-state index contributed by atoms with van der Waals surface area (Å²) in [6, 6.07) is 12.3. The van der Waals surface area contributed by atoms with E-state index in [2.05, 4.69) is 5.32 Å². The second-order valence-electron chi connectivity index (χ2n) is 6.57. The van der Waals surface area contributed by atoms with Crippen LogP contribution in [0.25, 0.3) is 0 Å². The molecule has 0 radical (unpaired) electrons. The largest absolute Gasteiger partial charge is 0.489 e. The molecule has 0 spiro atoms. The number of hydrogen-bond donors (Lipinski definition) is 2. The predicted octanol–water partition coefficient (Wildman–Crippen LogP) is 5.16. The lowest BCUT2D eigenvalue weighted by Crippen LogP contribution is -2.37. The normalized spacial score (nSPS) is 12.2. The number of hydrogen-bond acceptors (Lipinski definition) is 3. The number of ether oxygens (including phenoxy) is 1. The Balaban J connectivity index is 1.95. The van der Waals surface area contributed by atoms with Gasteiger partial charge in [0.05, 0.1) is 0 Å². The van der Waals surface area contributed by atoms with Crippen molar-refractivity contribution in [3.63, 3.8) is 0 Å². The van der Waals surface area contributed by atoms with Gasteiger partial charge in [-0.1, -0.05) is 55.2 Å². The van der Waals surface area contributed by atoms with Crippen LogP contribution in [0.4, 0.5) is 0 Å². The molecular formula is C20H23Cl2NO3. The first-order chi connectivity index (χ1) is 12.3. The third kappa shape index (κ3) is 6.52. The summed E-state index contributed by atoms with van der Waals surface area (Å²) >= 11 is 12.0. The fraction of sp³-hybridized carbons (Fsp3) is 0.350. The number of carboxylic acid groups (broad SMARTS) is 1. The monoisotopic (exact) mass is 395 g/mol. The summed E-state index contributed by atoms with van der Waals surface area (Å²) in [5.41, 5.74) is 1.81. The molecule has 0 aliphatic heterocycles. The summed E-state index contributed by atoms with van der Waals surface area (Å²) < 4.78 is 5.80. The van der Waals surface area contributed by atoms with Gasteiger partial charge in [0.1, 0.15) is 18.4 Å². The van der Waals surface area contributed by atoms with Crippen LogP contribution < -0.4 is 10.1 Å². The Labute approximate surface area is 164 Å². The van der Waals surface area contributed by atoms with Gasteiger partial charge in [-0.15, -0.1) is 0 Å². The summed E-state index contributed by atoms with van der Waals surface area (Å²) in [5, 5.41) is 13.5. The minimum Gasteiger partial charge on any atom is -0.489 e. The highest BCUT2D eigenvalue weighted by atomic mass is 35.5. The summed E-state index contributed by atoms with van der Waals surface area (Å²) in [5.74, 6) is 0.178. The van der Waals surface area contributed by atoms with E-state index in [4.69, 9.17) is 27.9 Å². The van der Waals surface area contributed by atoms with Gasteiger partial charge < -0.3 is 15.2 Å². The van der Waals surface area contributed by atoms with Gasteiger partial charge in [-0.25, -0.2) is 0 Å². The summed E-state index contributed by atoms with van der Waals surface area (Å²) in [6.45, 7) is 4.81. The smallest absolute Gasteiger partial charge is 0.320 e. The van der Waals surface area contributed by atoms with Crippen LogP contribution in [0, 0.1) is 5.92 Å². The summed E-state index contributed by atoms with van der Waals surface area (Å²) in [7, 11) is 0. The Morgan fingerprint density at radius 2 is 1.96 bits per heavy atom. The Hall–Kier alpha value is -1.75. The van der Waals surface area contributed by atoms with Crippen molar-refractivity contribution in [1.29, 1.82) is 0 Å². The molecule has 1 atom stereocenters. The lowest BCUT2D eigenvalue weighted by Gasteiger charge is -2.17. The molecule has 0 fully saturated rings. The van der Waals surface area contributed by atoms with Gasteiger partial charge >= 0.3 is 5.97 Å². The van der Waals surface area contributed by atoms with Crippen LogP contribution in [0.5, 0.6) is 5.75 Å². The summed E-state index contributed by atoms with van der Waals surface area (Å²) in [4.78, 5) is 11.3. The van der Waals surface area contributed by atoms with Crippen LogP contribution in [-0.2, 0) is 17.9 Å². The lowest BCUT2D eigenvalue weighted by molar-refractivity contribution is -0.140. The van der Waals surface area contributed by atoms with Crippen molar-refractivity contribution >= 4 is 29.2 Å². The maximum atomic E-state index is 11.3. The van der Waals surface area contributed by atoms with Crippen LogP contribution in [0.1, 0.15) is 31.4 Å². The van der Waals surface area contributed by atoms with Gasteiger partial charge in [-0.05, 0) is 42.2 Å². The zero-order valence-corrected chi connectivity index (χ0v) is 16.3. The van der Waals surface area contributed by atoms with E-state index in [-0.39, 0.29) is 0 Å². The Morgan fingerprint density at radius 1 is 1.19 bits per heavy atom. The van der Waals surface area contributed by atoms with Crippen LogP contribution >= 0.6 is 23.2 Å². The highest BCUT2D eigenvalue weighted by molar-refractivity contribution is 6.35. The van der Waals surface area contributed by atoms with E-state index in [1.807, 2.05) is 44.2 Å². The molecule has 2 aromatic rings. The SMILES string of the molecule is CC(C)CC(NCc1cccc(OCc2ccc(Cl)cc2Cl)c1)C(=O)O. The molecular weight excluding hydrogens is 373 g/mol. The zero-order chi connectivity index (χ0) is 19.1. The van der Waals surface area contributed by atoms with Gasteiger partial charge in [0.25, 0.3) is 0 Å². The van der Waals surface area contributed by atoms with Crippen molar-refractivity contribution in [3.8, 4) is 5.75 Å². The molecule has 0 bridgehead atoms. The minimum absolute atomic E-state index is 0.308. The predicted molar refractivity (Wildman–Crippen MR) is 105 cm³/mol. The van der Waals surface area contributed by atoms with Crippen LogP contribution in [-0.4, -0.2) is 17.1 Å². The molecule has 0 heterocycles. The molecule has 0 aliphatic carbocycles. The molecule has 1 unspecified atom stereocenters. The Bertz CT molecular complexity index is 750. The molecule has 4 nitrogen and oxygen atoms in total. The molecule has 2 rings (SSSR count). The first-order valence-corrected chi connectivity index (χ1v) is 9.22. The molecule has 0 aromatic heterocycles. The number of halogens is 2. The average molecular weight is 396 g/mol. The third-order valence-electron chi connectivity index (χ3n) is 3.87. The molecule has 2 aromatic carbocycles. The number of nitrogens with one attached hydrogen (secondary N) is 1. The van der Waals surface area contributed by atoms with Gasteiger partial charge in [0.2, 0.25) is 0 Å². The fourth-order valence-corrected chi connectivity index (χ4v) is 2.99. The molecule has 6 heteroatoms. The standard InChI is InChI=1S/C20H23Cl2NO3/c1-13(2)8-19(20(24)25)23-11-14-4-3-5-17(9-14)26-12-15-6-7-16(21)10-18(15)22/h3-7,9-10,13,19,23H,8,11-12H2,1-2H3,(H,24,25). The topological polar surface area (TPSA) is 58.6 Å². The Kier molecular flexibility index (Phi) is 7.76. The first-order valence-electron chi connectivity index (χ1n) is 8.47. The minimum atomic E-state index is -0.830. The van der Waals surface area contributed by atoms with Crippen LogP contribution in [0.3, 0.4) is 0 Å². The van der Waals surface area contributed by atoms with Gasteiger partial charge in [0.15, 0.2) is 0 Å². The first kappa shape index (κ1) is 20.6. The molecule has 0 aliphatic rings. The zero-order valence-electron chi connectivity index (χ0n) is 14.8. The van der Waals surface area contributed by atoms with Crippen LogP contribution in [0.15, 0.2) is 42.5 Å². The molecule has 0 saturated heterocycles. The van der Waals surface area contributed by atoms with E-state index < -0.39 is 12.0 Å². The van der Waals surface area contributed by atoms with Gasteiger partial charge in [-0.2, -0.15) is 0 Å². The van der Waals surface area contributed by atoms with Crippen molar-refractivity contribution in [2.75, 3.05) is 0 Å². The maximum absolute atomic E-state index is 11.3. The van der Waals surface area contributed by atoms with E-state index in [1.165, 1.54) is 0 Å². The van der Waals surface area contributed by atoms with E-state index in [0.717, 1.165) is 11.1 Å². The molecule has 26 heavy (non-hydrogen) atoms. The Morgan fingerprint density at radius 3 is 2.62 bits per heavy atom. The number of aliphatic carboxylic acids is 1. The van der Waals surface area contributed by atoms with Crippen molar-refractivity contribution in [2.45, 2.75) is 39.5 Å². The number of benzene rings is 2. The van der Waals surface area contributed by atoms with Crippen molar-refractivity contribution in [3.05, 3.63) is 63.6 Å². The second-order valence-corrected chi connectivity index (χ2v) is 7.42. The van der Waals surface area contributed by atoms with Crippen molar-refractivity contribution in [2.24, 2.45) is 5.92 Å². The summed E-state index contributed by atoms with van der Waals surface area (Å²) in [6.07, 6.45) is 0.584. The van der Waals surface area contributed by atoms with E-state index in [1.54, 1.807) is 12.1 Å². The van der Waals surface area contributed by atoms with E-state index in [9.17, 15) is 9.90 Å². The van der Waals surface area contributed by atoms with Gasteiger partial charge in [0, 0.05) is 22.2 Å². The second kappa shape index (κ2) is 9.81. The quantitative estimate of drug-likeness (QED) is 0.615. The average Bonchev–Trinajstić information content (AvgIpc) is 2.57. The highest BCUT2D eigenvalue weighted by Gasteiger charge is 2.18. The number of carbonyl (C=O) groups is 1. The van der Waals surface area contributed by atoms with Crippen molar-refractivity contribution < 1.29 is 14.6 Å². The number of carboxylic acids is 1. The molecule has 0 amide bonds. The van der Waals surface area contributed by atoms with Gasteiger partial charge in [-0.3, -0.25) is 4.79 Å². The van der Waals surface area contributed by atoms with E-state index in [0.29, 0.717) is 41.3 Å². The third-order valence-corrected chi connectivity index (χ3v) is 4.45. The lowest BCUT2D eigenvalue weighted by atomic mass is 10.0. The highest BCUT2D eigenvalue weighted by Crippen LogP contribution is 2.23.